The summed E-state index contributed by atoms with van der Waals surface area (Å²) in [5.41, 5.74) is 10.4. The maximum atomic E-state index is 2.46. The topological polar surface area (TPSA) is 0 Å². The van der Waals surface area contributed by atoms with Crippen molar-refractivity contribution in [3.8, 4) is 43.1 Å². The Morgan fingerprint density at radius 3 is 1.16 bits per heavy atom. The van der Waals surface area contributed by atoms with Crippen LogP contribution in [0.5, 0.6) is 0 Å². The lowest BCUT2D eigenvalue weighted by Crippen LogP contribution is -1.92. The lowest BCUT2D eigenvalue weighted by Gasteiger charge is -2.19. The van der Waals surface area contributed by atoms with Gasteiger partial charge in [0.25, 0.3) is 0 Å². The second-order valence-electron chi connectivity index (χ2n) is 13.4. The Hall–Kier alpha value is -5.54. The van der Waals surface area contributed by atoms with Crippen LogP contribution in [0, 0.1) is 13.8 Å². The predicted molar refractivity (Wildman–Crippen MR) is 221 cm³/mol. The first-order valence-electron chi connectivity index (χ1n) is 17.2. The zero-order valence-corrected chi connectivity index (χ0v) is 29.5. The molecule has 0 aliphatic carbocycles. The molecule has 8 aromatic carbocycles. The number of benzene rings is 8. The van der Waals surface area contributed by atoms with Crippen molar-refractivity contribution in [3.63, 3.8) is 0 Å². The number of hydrogen-bond donors (Lipinski definition) is 0. The van der Waals surface area contributed by atoms with Crippen molar-refractivity contribution in [1.29, 1.82) is 0 Å². The summed E-state index contributed by atoms with van der Waals surface area (Å²) in [7, 11) is 0. The van der Waals surface area contributed by atoms with Gasteiger partial charge in [-0.05, 0) is 81.6 Å². The monoisotopic (exact) mass is 672 g/mol. The number of rotatable bonds is 4. The molecular weight excluding hydrogens is 641 g/mol. The van der Waals surface area contributed by atoms with E-state index in [4.69, 9.17) is 0 Å². The molecule has 0 amide bonds. The highest BCUT2D eigenvalue weighted by Gasteiger charge is 2.25. The van der Waals surface area contributed by atoms with Crippen molar-refractivity contribution in [2.75, 3.05) is 0 Å². The normalized spacial score (nSPS) is 11.8. The summed E-state index contributed by atoms with van der Waals surface area (Å²) in [4.78, 5) is 2.66. The van der Waals surface area contributed by atoms with Crippen molar-refractivity contribution < 1.29 is 0 Å². The molecule has 0 bridgehead atoms. The zero-order chi connectivity index (χ0) is 33.3. The first-order valence-corrected chi connectivity index (χ1v) is 18.8. The minimum Gasteiger partial charge on any atom is -0.134 e. The molecule has 0 saturated heterocycles. The van der Waals surface area contributed by atoms with Crippen LogP contribution in [-0.4, -0.2) is 0 Å². The van der Waals surface area contributed by atoms with Gasteiger partial charge in [-0.2, -0.15) is 0 Å². The molecule has 2 heteroatoms. The third-order valence-corrected chi connectivity index (χ3v) is 12.5. The van der Waals surface area contributed by atoms with E-state index in [1.165, 1.54) is 107 Å². The third kappa shape index (κ3) is 4.56. The predicted octanol–water partition coefficient (Wildman–Crippen LogP) is 14.9. The highest BCUT2D eigenvalue weighted by molar-refractivity contribution is 7.23. The van der Waals surface area contributed by atoms with E-state index >= 15 is 0 Å². The Morgan fingerprint density at radius 2 is 0.720 bits per heavy atom. The molecule has 10 rings (SSSR count). The van der Waals surface area contributed by atoms with E-state index < -0.39 is 0 Å². The Balaban J connectivity index is 1.42. The van der Waals surface area contributed by atoms with Crippen LogP contribution in [0.4, 0.5) is 0 Å². The van der Waals surface area contributed by atoms with Gasteiger partial charge < -0.3 is 0 Å². The highest BCUT2D eigenvalue weighted by atomic mass is 32.1. The number of hydrogen-bond acceptors (Lipinski definition) is 2. The van der Waals surface area contributed by atoms with Crippen LogP contribution >= 0.6 is 22.7 Å². The average Bonchev–Trinajstić information content (AvgIpc) is 3.72. The standard InChI is InChI=1S/C48H32S2/c1-29-13-11-17-33(25-29)43-37-21-7-9-23-41(37)49-47(43)45-35-19-5-6-20-36(35)46(40-28-32-16-4-3-15-31(32)27-39(40)45)48-44(34-18-12-14-30(2)26-34)38-22-8-10-24-42(38)50-48/h3-28H,1-2H3. The fraction of sp³-hybridized carbons (Fsp3) is 0.0417. The molecule has 0 aliphatic heterocycles. The average molecular weight is 673 g/mol. The zero-order valence-electron chi connectivity index (χ0n) is 27.8. The fourth-order valence-electron chi connectivity index (χ4n) is 7.97. The van der Waals surface area contributed by atoms with Crippen molar-refractivity contribution in [1.82, 2.24) is 0 Å². The summed E-state index contributed by atoms with van der Waals surface area (Å²) in [5.74, 6) is 0. The number of aryl methyl sites for hydroxylation is 2. The van der Waals surface area contributed by atoms with Crippen molar-refractivity contribution in [2.45, 2.75) is 13.8 Å². The molecule has 236 valence electrons. The molecule has 0 N–H and O–H groups in total. The molecular formula is C48H32S2. The van der Waals surface area contributed by atoms with Gasteiger partial charge in [0.05, 0.1) is 0 Å². The SMILES string of the molecule is Cc1cccc(-c2c(-c3c4ccccc4c(-c4sc5ccccc5c4-c4cccc(C)c4)c4cc5ccccc5cc34)sc3ccccc23)c1. The van der Waals surface area contributed by atoms with Crippen LogP contribution in [-0.2, 0) is 0 Å². The van der Waals surface area contributed by atoms with Gasteiger partial charge >= 0.3 is 0 Å². The second-order valence-corrected chi connectivity index (χ2v) is 15.5. The van der Waals surface area contributed by atoms with E-state index in [2.05, 4.69) is 172 Å². The molecule has 50 heavy (non-hydrogen) atoms. The number of fused-ring (bicyclic) bond motifs is 5. The largest absolute Gasteiger partial charge is 0.134 e. The van der Waals surface area contributed by atoms with Gasteiger partial charge in [-0.25, -0.2) is 0 Å². The molecule has 0 saturated carbocycles. The maximum absolute atomic E-state index is 2.46. The van der Waals surface area contributed by atoms with Crippen molar-refractivity contribution in [2.24, 2.45) is 0 Å². The van der Waals surface area contributed by atoms with E-state index in [-0.39, 0.29) is 0 Å². The molecule has 2 aromatic heterocycles. The molecule has 0 spiro atoms. The van der Waals surface area contributed by atoms with E-state index in [1.54, 1.807) is 0 Å². The minimum atomic E-state index is 1.26. The molecule has 0 radical (unpaired) electrons. The van der Waals surface area contributed by atoms with Crippen molar-refractivity contribution in [3.05, 3.63) is 169 Å². The summed E-state index contributed by atoms with van der Waals surface area (Å²) in [5, 5.41) is 10.3. The lowest BCUT2D eigenvalue weighted by molar-refractivity contribution is 1.47. The summed E-state index contributed by atoms with van der Waals surface area (Å²) in [6, 6.07) is 58.8. The van der Waals surface area contributed by atoms with Crippen LogP contribution < -0.4 is 0 Å². The van der Waals surface area contributed by atoms with Gasteiger partial charge in [0.1, 0.15) is 0 Å². The van der Waals surface area contributed by atoms with E-state index in [0.717, 1.165) is 0 Å². The Bertz CT molecular complexity index is 2750. The third-order valence-electron chi connectivity index (χ3n) is 10.1. The Morgan fingerprint density at radius 1 is 0.320 bits per heavy atom. The number of thiophene rings is 2. The maximum Gasteiger partial charge on any atom is 0.0446 e. The summed E-state index contributed by atoms with van der Waals surface area (Å²) in [6.45, 7) is 4.39. The molecule has 0 aliphatic rings. The molecule has 0 unspecified atom stereocenters. The molecule has 0 fully saturated rings. The Kier molecular flexibility index (Phi) is 6.77. The van der Waals surface area contributed by atoms with Gasteiger partial charge in [-0.3, -0.25) is 0 Å². The summed E-state index contributed by atoms with van der Waals surface area (Å²) < 4.78 is 2.62. The first kappa shape index (κ1) is 29.4. The van der Waals surface area contributed by atoms with Gasteiger partial charge in [0, 0.05) is 52.2 Å². The van der Waals surface area contributed by atoms with Gasteiger partial charge in [0.2, 0.25) is 0 Å². The van der Waals surface area contributed by atoms with Gasteiger partial charge in [-0.1, -0.05) is 145 Å². The fourth-order valence-corrected chi connectivity index (χ4v) is 10.6. The lowest BCUT2D eigenvalue weighted by atomic mass is 9.85. The van der Waals surface area contributed by atoms with E-state index in [0.29, 0.717) is 0 Å². The highest BCUT2D eigenvalue weighted by Crippen LogP contribution is 2.55. The molecule has 0 nitrogen and oxygen atoms in total. The summed E-state index contributed by atoms with van der Waals surface area (Å²) >= 11 is 3.84. The molecule has 10 aromatic rings. The van der Waals surface area contributed by atoms with Crippen LogP contribution in [0.1, 0.15) is 11.1 Å². The molecule has 2 heterocycles. The quantitative estimate of drug-likeness (QED) is 0.163. The smallest absolute Gasteiger partial charge is 0.0446 e. The van der Waals surface area contributed by atoms with E-state index in [9.17, 15) is 0 Å². The van der Waals surface area contributed by atoms with Gasteiger partial charge in [0.15, 0.2) is 0 Å². The van der Waals surface area contributed by atoms with Crippen LogP contribution in [0.15, 0.2) is 158 Å². The summed E-state index contributed by atoms with van der Waals surface area (Å²) in [6.07, 6.45) is 0. The van der Waals surface area contributed by atoms with Crippen LogP contribution in [0.2, 0.25) is 0 Å². The van der Waals surface area contributed by atoms with Crippen LogP contribution in [0.25, 0.3) is 95.6 Å². The van der Waals surface area contributed by atoms with Crippen molar-refractivity contribution >= 4 is 75.2 Å². The second kappa shape index (κ2) is 11.5. The first-order chi connectivity index (χ1) is 24.6. The molecule has 0 atom stereocenters. The minimum absolute atomic E-state index is 1.26. The van der Waals surface area contributed by atoms with Crippen LogP contribution in [0.3, 0.4) is 0 Å². The van der Waals surface area contributed by atoms with Gasteiger partial charge in [-0.15, -0.1) is 22.7 Å². The van der Waals surface area contributed by atoms with E-state index in [1.807, 2.05) is 22.7 Å². The Labute approximate surface area is 299 Å².